The third-order valence-electron chi connectivity index (χ3n) is 6.24. The molecule has 0 aromatic heterocycles. The van der Waals surface area contributed by atoms with Gasteiger partial charge in [-0.3, -0.25) is 0 Å². The van der Waals surface area contributed by atoms with E-state index in [2.05, 4.69) is 60.7 Å². The summed E-state index contributed by atoms with van der Waals surface area (Å²) in [5, 5.41) is 25.3. The molecule has 0 spiro atoms. The normalized spacial score (nSPS) is 19.4. The van der Waals surface area contributed by atoms with E-state index in [1.807, 2.05) is 12.1 Å². The van der Waals surface area contributed by atoms with E-state index in [0.29, 0.717) is 11.5 Å². The zero-order valence-corrected chi connectivity index (χ0v) is 15.1. The van der Waals surface area contributed by atoms with Gasteiger partial charge in [-0.1, -0.05) is 72.8 Å². The quantitative estimate of drug-likeness (QED) is 0.416. The van der Waals surface area contributed by atoms with E-state index in [4.69, 9.17) is 0 Å². The van der Waals surface area contributed by atoms with E-state index in [1.165, 1.54) is 11.1 Å². The Morgan fingerprint density at radius 3 is 1.46 bits per heavy atom. The molecule has 0 bridgehead atoms. The highest BCUT2D eigenvalue weighted by atomic mass is 16.3. The maximum absolute atomic E-state index is 10.4. The van der Waals surface area contributed by atoms with Gasteiger partial charge in [0.2, 0.25) is 0 Å². The number of phenols is 2. The lowest BCUT2D eigenvalue weighted by molar-refractivity contribution is 0.474. The van der Waals surface area contributed by atoms with Crippen LogP contribution in [0, 0.1) is 0 Å². The second-order valence-electron chi connectivity index (χ2n) is 7.66. The molecule has 0 aliphatic heterocycles. The third kappa shape index (κ3) is 1.97. The second kappa shape index (κ2) is 5.49. The molecule has 0 radical (unpaired) electrons. The molecule has 2 aliphatic rings. The predicted octanol–water partition coefficient (Wildman–Crippen LogP) is 6.33. The summed E-state index contributed by atoms with van der Waals surface area (Å²) in [5.74, 6) is 1.00. The molecule has 2 N–H and O–H groups in total. The molecule has 4 aromatic carbocycles. The molecule has 0 fully saturated rings. The standard InChI is InChI=1S/C26H18O2/c27-23-13-7-15-3-1-5-19-17(9-11-21(23)25(15)19)18-10-12-22-24(28)14-8-16-4-2-6-20(18)26(16)22/h1-14,17-18,27-28H. The maximum Gasteiger partial charge on any atom is 0.123 e. The highest BCUT2D eigenvalue weighted by molar-refractivity contribution is 6.00. The fourth-order valence-corrected chi connectivity index (χ4v) is 4.98. The SMILES string of the molecule is Oc1ccc2cccc3c2c1C=CC3C1C=Cc2c(O)ccc3cccc1c23. The third-order valence-corrected chi connectivity index (χ3v) is 6.24. The number of aromatic hydroxyl groups is 2. The second-order valence-corrected chi connectivity index (χ2v) is 7.66. The summed E-state index contributed by atoms with van der Waals surface area (Å²) >= 11 is 0. The van der Waals surface area contributed by atoms with E-state index in [0.717, 1.165) is 32.7 Å². The minimum absolute atomic E-state index is 0.176. The van der Waals surface area contributed by atoms with Gasteiger partial charge in [0, 0.05) is 23.0 Å². The number of phenolic OH excluding ortho intramolecular Hbond substituents is 2. The molecule has 2 unspecified atom stereocenters. The molecule has 0 saturated carbocycles. The molecule has 4 aromatic rings. The number of allylic oxidation sites excluding steroid dienone is 2. The van der Waals surface area contributed by atoms with Crippen LogP contribution in [0.3, 0.4) is 0 Å². The van der Waals surface area contributed by atoms with Crippen molar-refractivity contribution in [2.24, 2.45) is 0 Å². The summed E-state index contributed by atoms with van der Waals surface area (Å²) in [4.78, 5) is 0. The summed E-state index contributed by atoms with van der Waals surface area (Å²) in [7, 11) is 0. The Morgan fingerprint density at radius 1 is 0.536 bits per heavy atom. The van der Waals surface area contributed by atoms with Gasteiger partial charge >= 0.3 is 0 Å². The summed E-state index contributed by atoms with van der Waals surface area (Å²) in [6.07, 6.45) is 8.53. The molecule has 2 atom stereocenters. The van der Waals surface area contributed by atoms with Crippen molar-refractivity contribution in [2.45, 2.75) is 11.8 Å². The van der Waals surface area contributed by atoms with Crippen molar-refractivity contribution in [1.29, 1.82) is 0 Å². The molecule has 0 heterocycles. The van der Waals surface area contributed by atoms with Crippen LogP contribution in [0.1, 0.15) is 34.1 Å². The predicted molar refractivity (Wildman–Crippen MR) is 115 cm³/mol. The fourth-order valence-electron chi connectivity index (χ4n) is 4.98. The minimum Gasteiger partial charge on any atom is -0.507 e. The lowest BCUT2D eigenvalue weighted by Crippen LogP contribution is -2.13. The van der Waals surface area contributed by atoms with E-state index in [-0.39, 0.29) is 11.8 Å². The van der Waals surface area contributed by atoms with Crippen LogP contribution in [0.5, 0.6) is 11.5 Å². The summed E-state index contributed by atoms with van der Waals surface area (Å²) in [6, 6.07) is 20.2. The smallest absolute Gasteiger partial charge is 0.123 e. The Hall–Kier alpha value is -3.52. The van der Waals surface area contributed by atoms with Gasteiger partial charge in [-0.15, -0.1) is 0 Å². The van der Waals surface area contributed by atoms with Crippen LogP contribution in [0.25, 0.3) is 33.7 Å². The van der Waals surface area contributed by atoms with Crippen LogP contribution in [-0.2, 0) is 0 Å². The van der Waals surface area contributed by atoms with Gasteiger partial charge in [0.1, 0.15) is 11.5 Å². The molecule has 28 heavy (non-hydrogen) atoms. The average Bonchev–Trinajstić information content (AvgIpc) is 2.73. The summed E-state index contributed by atoms with van der Waals surface area (Å²) in [6.45, 7) is 0. The maximum atomic E-state index is 10.4. The van der Waals surface area contributed by atoms with Gasteiger partial charge < -0.3 is 10.2 Å². The van der Waals surface area contributed by atoms with Crippen molar-refractivity contribution >= 4 is 33.7 Å². The van der Waals surface area contributed by atoms with Crippen LogP contribution >= 0.6 is 0 Å². The van der Waals surface area contributed by atoms with Gasteiger partial charge in [-0.25, -0.2) is 0 Å². The Morgan fingerprint density at radius 2 is 1.00 bits per heavy atom. The lowest BCUT2D eigenvalue weighted by Gasteiger charge is -2.31. The number of hydrogen-bond donors (Lipinski definition) is 2. The molecule has 0 saturated heterocycles. The van der Waals surface area contributed by atoms with Crippen molar-refractivity contribution in [3.8, 4) is 11.5 Å². The minimum atomic E-state index is 0.176. The molecule has 6 rings (SSSR count). The van der Waals surface area contributed by atoms with Crippen LogP contribution < -0.4 is 0 Å². The molecule has 0 amide bonds. The number of rotatable bonds is 1. The van der Waals surface area contributed by atoms with Crippen molar-refractivity contribution in [2.75, 3.05) is 0 Å². The molecule has 2 nitrogen and oxygen atoms in total. The monoisotopic (exact) mass is 362 g/mol. The highest BCUT2D eigenvalue weighted by Crippen LogP contribution is 2.49. The van der Waals surface area contributed by atoms with Crippen LogP contribution in [0.2, 0.25) is 0 Å². The first-order valence-electron chi connectivity index (χ1n) is 9.58. The average molecular weight is 362 g/mol. The summed E-state index contributed by atoms with van der Waals surface area (Å²) in [5.41, 5.74) is 4.28. The first kappa shape index (κ1) is 15.5. The largest absolute Gasteiger partial charge is 0.507 e. The van der Waals surface area contributed by atoms with E-state index < -0.39 is 0 Å². The lowest BCUT2D eigenvalue weighted by atomic mass is 9.73. The van der Waals surface area contributed by atoms with Gasteiger partial charge in [0.25, 0.3) is 0 Å². The Bertz CT molecular complexity index is 1240. The topological polar surface area (TPSA) is 40.5 Å². The van der Waals surface area contributed by atoms with Gasteiger partial charge in [-0.05, 0) is 44.8 Å². The van der Waals surface area contributed by atoms with Crippen LogP contribution in [-0.4, -0.2) is 10.2 Å². The van der Waals surface area contributed by atoms with Crippen LogP contribution in [0.4, 0.5) is 0 Å². The molecule has 134 valence electrons. The first-order valence-corrected chi connectivity index (χ1v) is 9.58. The van der Waals surface area contributed by atoms with E-state index in [1.54, 1.807) is 12.1 Å². The Kier molecular flexibility index (Phi) is 3.05. The highest BCUT2D eigenvalue weighted by Gasteiger charge is 2.29. The Labute approximate surface area is 162 Å². The fraction of sp³-hybridized carbons (Fsp3) is 0.0769. The van der Waals surface area contributed by atoms with Gasteiger partial charge in [0.15, 0.2) is 0 Å². The Balaban J connectivity index is 1.61. The van der Waals surface area contributed by atoms with Gasteiger partial charge in [-0.2, -0.15) is 0 Å². The first-order chi connectivity index (χ1) is 13.7. The number of hydrogen-bond acceptors (Lipinski definition) is 2. The van der Waals surface area contributed by atoms with Crippen molar-refractivity contribution in [3.63, 3.8) is 0 Å². The van der Waals surface area contributed by atoms with Crippen molar-refractivity contribution < 1.29 is 10.2 Å². The van der Waals surface area contributed by atoms with Gasteiger partial charge in [0.05, 0.1) is 0 Å². The molecular weight excluding hydrogens is 344 g/mol. The molecule has 2 heteroatoms. The van der Waals surface area contributed by atoms with Crippen LogP contribution in [0.15, 0.2) is 72.8 Å². The molecular formula is C26H18O2. The number of benzene rings is 4. The zero-order valence-electron chi connectivity index (χ0n) is 15.1. The van der Waals surface area contributed by atoms with Crippen molar-refractivity contribution in [1.82, 2.24) is 0 Å². The van der Waals surface area contributed by atoms with Crippen molar-refractivity contribution in [3.05, 3.63) is 95.1 Å². The van der Waals surface area contributed by atoms with E-state index >= 15 is 0 Å². The zero-order chi connectivity index (χ0) is 18.8. The molecule has 2 aliphatic carbocycles. The summed E-state index contributed by atoms with van der Waals surface area (Å²) < 4.78 is 0. The van der Waals surface area contributed by atoms with E-state index in [9.17, 15) is 10.2 Å².